The van der Waals surface area contributed by atoms with E-state index in [4.69, 9.17) is 0 Å². The van der Waals surface area contributed by atoms with Crippen LogP contribution in [0.25, 0.3) is 5.65 Å². The molecule has 2 aromatic heterocycles. The van der Waals surface area contributed by atoms with Gasteiger partial charge < -0.3 is 0 Å². The molecule has 0 bridgehead atoms. The SMILES string of the molecule is Brc1ccc(Cc2nc3ccccn3n2)cc1. The highest BCUT2D eigenvalue weighted by atomic mass is 79.9. The molecule has 0 saturated carbocycles. The highest BCUT2D eigenvalue weighted by molar-refractivity contribution is 9.10. The zero-order chi connectivity index (χ0) is 11.7. The van der Waals surface area contributed by atoms with Crippen LogP contribution in [-0.4, -0.2) is 14.6 Å². The van der Waals surface area contributed by atoms with Crippen molar-refractivity contribution in [1.82, 2.24) is 14.6 Å². The number of benzene rings is 1. The molecule has 0 atom stereocenters. The fourth-order valence-corrected chi connectivity index (χ4v) is 2.00. The molecule has 0 N–H and O–H groups in total. The number of rotatable bonds is 2. The van der Waals surface area contributed by atoms with Gasteiger partial charge in [-0.25, -0.2) is 9.50 Å². The van der Waals surface area contributed by atoms with Gasteiger partial charge in [0.1, 0.15) is 0 Å². The molecule has 17 heavy (non-hydrogen) atoms. The van der Waals surface area contributed by atoms with Crippen molar-refractivity contribution in [2.75, 3.05) is 0 Å². The second kappa shape index (κ2) is 4.30. The molecule has 4 heteroatoms. The van der Waals surface area contributed by atoms with E-state index in [0.29, 0.717) is 0 Å². The van der Waals surface area contributed by atoms with Gasteiger partial charge in [-0.3, -0.25) is 0 Å². The third-order valence-corrected chi connectivity index (χ3v) is 3.09. The van der Waals surface area contributed by atoms with Crippen LogP contribution in [0.1, 0.15) is 11.4 Å². The zero-order valence-corrected chi connectivity index (χ0v) is 10.6. The number of pyridine rings is 1. The summed E-state index contributed by atoms with van der Waals surface area (Å²) in [5, 5.41) is 4.42. The number of hydrogen-bond acceptors (Lipinski definition) is 2. The van der Waals surface area contributed by atoms with Crippen LogP contribution in [0.5, 0.6) is 0 Å². The van der Waals surface area contributed by atoms with Crippen LogP contribution in [0.15, 0.2) is 53.1 Å². The average Bonchev–Trinajstić information content (AvgIpc) is 2.74. The molecule has 3 nitrogen and oxygen atoms in total. The maximum Gasteiger partial charge on any atom is 0.156 e. The molecule has 0 amide bonds. The van der Waals surface area contributed by atoms with Crippen LogP contribution in [0.3, 0.4) is 0 Å². The Morgan fingerprint density at radius 3 is 2.65 bits per heavy atom. The summed E-state index contributed by atoms with van der Waals surface area (Å²) in [6, 6.07) is 14.1. The lowest BCUT2D eigenvalue weighted by Gasteiger charge is -1.96. The van der Waals surface area contributed by atoms with Gasteiger partial charge in [0.25, 0.3) is 0 Å². The molecular formula is C13H10BrN3. The zero-order valence-electron chi connectivity index (χ0n) is 9.05. The second-order valence-corrected chi connectivity index (χ2v) is 4.75. The van der Waals surface area contributed by atoms with E-state index < -0.39 is 0 Å². The molecule has 3 rings (SSSR count). The van der Waals surface area contributed by atoms with Crippen molar-refractivity contribution in [3.05, 3.63) is 64.5 Å². The molecule has 3 aromatic rings. The van der Waals surface area contributed by atoms with Gasteiger partial charge >= 0.3 is 0 Å². The van der Waals surface area contributed by atoms with E-state index in [9.17, 15) is 0 Å². The highest BCUT2D eigenvalue weighted by Crippen LogP contribution is 2.13. The van der Waals surface area contributed by atoms with Crippen LogP contribution in [0.2, 0.25) is 0 Å². The van der Waals surface area contributed by atoms with Gasteiger partial charge in [0.05, 0.1) is 0 Å². The minimum Gasteiger partial charge on any atom is -0.221 e. The van der Waals surface area contributed by atoms with Crippen LogP contribution in [0, 0.1) is 0 Å². The fraction of sp³-hybridized carbons (Fsp3) is 0.0769. The van der Waals surface area contributed by atoms with Gasteiger partial charge in [-0.15, -0.1) is 0 Å². The summed E-state index contributed by atoms with van der Waals surface area (Å²) in [5.41, 5.74) is 2.10. The van der Waals surface area contributed by atoms with Crippen LogP contribution >= 0.6 is 15.9 Å². The number of hydrogen-bond donors (Lipinski definition) is 0. The van der Waals surface area contributed by atoms with Gasteiger partial charge in [-0.2, -0.15) is 5.10 Å². The normalized spacial score (nSPS) is 10.9. The Kier molecular flexibility index (Phi) is 2.65. The second-order valence-electron chi connectivity index (χ2n) is 3.83. The summed E-state index contributed by atoms with van der Waals surface area (Å²) in [5.74, 6) is 0.846. The lowest BCUT2D eigenvalue weighted by molar-refractivity contribution is 0.900. The Morgan fingerprint density at radius 2 is 1.88 bits per heavy atom. The molecule has 0 radical (unpaired) electrons. The van der Waals surface area contributed by atoms with Crippen LogP contribution in [0.4, 0.5) is 0 Å². The third kappa shape index (κ3) is 2.22. The van der Waals surface area contributed by atoms with Crippen molar-refractivity contribution in [2.24, 2.45) is 0 Å². The summed E-state index contributed by atoms with van der Waals surface area (Å²) in [6.07, 6.45) is 2.67. The Hall–Kier alpha value is -1.68. The van der Waals surface area contributed by atoms with Gasteiger partial charge in [-0.1, -0.05) is 34.1 Å². The Balaban J connectivity index is 1.92. The third-order valence-electron chi connectivity index (χ3n) is 2.56. The lowest BCUT2D eigenvalue weighted by atomic mass is 10.1. The van der Waals surface area contributed by atoms with Crippen molar-refractivity contribution in [1.29, 1.82) is 0 Å². The van der Waals surface area contributed by atoms with Crippen molar-refractivity contribution in [3.63, 3.8) is 0 Å². The Morgan fingerprint density at radius 1 is 1.06 bits per heavy atom. The van der Waals surface area contributed by atoms with Crippen molar-refractivity contribution in [2.45, 2.75) is 6.42 Å². The summed E-state index contributed by atoms with van der Waals surface area (Å²) >= 11 is 3.42. The Bertz CT molecular complexity index is 610. The van der Waals surface area contributed by atoms with Gasteiger partial charge in [-0.05, 0) is 29.8 Å². The van der Waals surface area contributed by atoms with Gasteiger partial charge in [0.2, 0.25) is 0 Å². The van der Waals surface area contributed by atoms with E-state index >= 15 is 0 Å². The number of aromatic nitrogens is 3. The minimum atomic E-state index is 0.759. The van der Waals surface area contributed by atoms with Gasteiger partial charge in [0, 0.05) is 17.1 Å². The van der Waals surface area contributed by atoms with Crippen LogP contribution in [-0.2, 0) is 6.42 Å². The van der Waals surface area contributed by atoms with Crippen molar-refractivity contribution < 1.29 is 0 Å². The first kappa shape index (κ1) is 10.5. The molecular weight excluding hydrogens is 278 g/mol. The fourth-order valence-electron chi connectivity index (χ4n) is 1.74. The molecule has 0 aliphatic heterocycles. The molecule has 1 aromatic carbocycles. The van der Waals surface area contributed by atoms with E-state index in [1.165, 1.54) is 5.56 Å². The first-order chi connectivity index (χ1) is 8.31. The highest BCUT2D eigenvalue weighted by Gasteiger charge is 2.03. The molecule has 2 heterocycles. The molecule has 0 unspecified atom stereocenters. The Labute approximate surface area is 107 Å². The smallest absolute Gasteiger partial charge is 0.156 e. The molecule has 84 valence electrons. The molecule has 0 fully saturated rings. The standard InChI is InChI=1S/C13H10BrN3/c14-11-6-4-10(5-7-11)9-12-15-13-3-1-2-8-17(13)16-12/h1-8H,9H2. The van der Waals surface area contributed by atoms with Crippen molar-refractivity contribution in [3.8, 4) is 0 Å². The molecule has 0 aliphatic carbocycles. The topological polar surface area (TPSA) is 30.2 Å². The first-order valence-electron chi connectivity index (χ1n) is 5.36. The van der Waals surface area contributed by atoms with E-state index in [0.717, 1.165) is 22.4 Å². The average molecular weight is 288 g/mol. The lowest BCUT2D eigenvalue weighted by Crippen LogP contribution is -1.91. The van der Waals surface area contributed by atoms with Crippen molar-refractivity contribution >= 4 is 21.6 Å². The maximum atomic E-state index is 4.47. The minimum absolute atomic E-state index is 0.759. The van der Waals surface area contributed by atoms with E-state index in [-0.39, 0.29) is 0 Å². The summed E-state index contributed by atoms with van der Waals surface area (Å²) < 4.78 is 2.89. The molecule has 0 aliphatic rings. The summed E-state index contributed by atoms with van der Waals surface area (Å²) in [6.45, 7) is 0. The summed E-state index contributed by atoms with van der Waals surface area (Å²) in [7, 11) is 0. The van der Waals surface area contributed by atoms with E-state index in [1.807, 2.05) is 36.5 Å². The maximum absolute atomic E-state index is 4.47. The largest absolute Gasteiger partial charge is 0.221 e. The number of halogens is 1. The van der Waals surface area contributed by atoms with E-state index in [1.54, 1.807) is 4.52 Å². The predicted octanol–water partition coefficient (Wildman–Crippen LogP) is 3.08. The summed E-state index contributed by atoms with van der Waals surface area (Å²) in [4.78, 5) is 4.47. The predicted molar refractivity (Wildman–Crippen MR) is 69.9 cm³/mol. The quantitative estimate of drug-likeness (QED) is 0.725. The first-order valence-corrected chi connectivity index (χ1v) is 6.15. The molecule has 0 spiro atoms. The number of nitrogens with zero attached hydrogens (tertiary/aromatic N) is 3. The molecule has 0 saturated heterocycles. The van der Waals surface area contributed by atoms with E-state index in [2.05, 4.69) is 38.1 Å². The number of fused-ring (bicyclic) bond motifs is 1. The monoisotopic (exact) mass is 287 g/mol. The van der Waals surface area contributed by atoms with Gasteiger partial charge in [0.15, 0.2) is 11.5 Å². The van der Waals surface area contributed by atoms with Crippen LogP contribution < -0.4 is 0 Å².